The Hall–Kier alpha value is -2.02. The Morgan fingerprint density at radius 3 is 3.10 bits per heavy atom. The lowest BCUT2D eigenvalue weighted by atomic mass is 10.2. The first kappa shape index (κ1) is 13.9. The molecule has 7 heteroatoms. The van der Waals surface area contributed by atoms with Gasteiger partial charge < -0.3 is 5.32 Å². The van der Waals surface area contributed by atoms with Crippen LogP contribution in [0.1, 0.15) is 33.0 Å². The third kappa shape index (κ3) is 2.87. The van der Waals surface area contributed by atoms with Gasteiger partial charge in [-0.1, -0.05) is 0 Å². The highest BCUT2D eigenvalue weighted by molar-refractivity contribution is 7.11. The van der Waals surface area contributed by atoms with Crippen molar-refractivity contribution in [2.45, 2.75) is 32.7 Å². The number of nitrogens with one attached hydrogen (secondary N) is 1. The molecular formula is C14H16N4O2S. The van der Waals surface area contributed by atoms with Gasteiger partial charge in [-0.25, -0.2) is 9.67 Å². The van der Waals surface area contributed by atoms with E-state index in [0.717, 1.165) is 36.2 Å². The fraction of sp³-hybridized carbons (Fsp3) is 0.429. The molecule has 0 unspecified atom stereocenters. The number of carbonyl (C=O) groups is 1. The van der Waals surface area contributed by atoms with E-state index in [2.05, 4.69) is 15.4 Å². The second-order valence-corrected chi connectivity index (χ2v) is 5.91. The molecule has 0 aliphatic heterocycles. The minimum atomic E-state index is -0.149. The first-order valence-corrected chi connectivity index (χ1v) is 7.81. The van der Waals surface area contributed by atoms with Crippen LogP contribution < -0.4 is 10.9 Å². The fourth-order valence-electron chi connectivity index (χ4n) is 2.48. The molecule has 0 spiro atoms. The maximum atomic E-state index is 11.9. The van der Waals surface area contributed by atoms with Crippen molar-refractivity contribution >= 4 is 17.2 Å². The maximum Gasteiger partial charge on any atom is 0.267 e. The lowest BCUT2D eigenvalue weighted by Gasteiger charge is -2.08. The van der Waals surface area contributed by atoms with Gasteiger partial charge in [0.15, 0.2) is 0 Å². The number of aryl methyl sites for hydroxylation is 3. The molecule has 21 heavy (non-hydrogen) atoms. The average molecular weight is 304 g/mol. The van der Waals surface area contributed by atoms with Crippen LogP contribution in [-0.2, 0) is 19.4 Å². The molecule has 2 aromatic heterocycles. The molecule has 1 N–H and O–H groups in total. The molecule has 0 saturated carbocycles. The molecule has 3 rings (SSSR count). The third-order valence-corrected chi connectivity index (χ3v) is 4.51. The molecule has 0 radical (unpaired) electrons. The molecule has 1 aliphatic rings. The molecule has 2 heterocycles. The summed E-state index contributed by atoms with van der Waals surface area (Å²) in [4.78, 5) is 28.5. The SMILES string of the molecule is Cc1ncsc1C(=O)NCCn1nc2c(cc1=O)CCC2. The summed E-state index contributed by atoms with van der Waals surface area (Å²) < 4.78 is 1.43. The number of amides is 1. The smallest absolute Gasteiger partial charge is 0.267 e. The predicted molar refractivity (Wildman–Crippen MR) is 79.7 cm³/mol. The summed E-state index contributed by atoms with van der Waals surface area (Å²) in [6, 6.07) is 1.67. The molecule has 1 aliphatic carbocycles. The molecule has 6 nitrogen and oxygen atoms in total. The van der Waals surface area contributed by atoms with Gasteiger partial charge in [0.2, 0.25) is 0 Å². The van der Waals surface area contributed by atoms with Crippen molar-refractivity contribution < 1.29 is 4.79 Å². The molecule has 0 aromatic carbocycles. The topological polar surface area (TPSA) is 76.9 Å². The molecule has 1 amide bonds. The Morgan fingerprint density at radius 1 is 1.48 bits per heavy atom. The maximum absolute atomic E-state index is 11.9. The molecule has 110 valence electrons. The van der Waals surface area contributed by atoms with Gasteiger partial charge in [-0.2, -0.15) is 5.10 Å². The van der Waals surface area contributed by atoms with Crippen LogP contribution in [0.5, 0.6) is 0 Å². The summed E-state index contributed by atoms with van der Waals surface area (Å²) in [5, 5.41) is 7.17. The molecule has 0 fully saturated rings. The van der Waals surface area contributed by atoms with E-state index in [4.69, 9.17) is 0 Å². The molecule has 0 atom stereocenters. The normalized spacial score (nSPS) is 13.2. The van der Waals surface area contributed by atoms with Crippen molar-refractivity contribution in [2.24, 2.45) is 0 Å². The van der Waals surface area contributed by atoms with Gasteiger partial charge in [0.05, 0.1) is 23.4 Å². The van der Waals surface area contributed by atoms with E-state index in [1.54, 1.807) is 18.5 Å². The van der Waals surface area contributed by atoms with Crippen LogP contribution in [0.4, 0.5) is 0 Å². The average Bonchev–Trinajstić information content (AvgIpc) is 3.07. The van der Waals surface area contributed by atoms with Gasteiger partial charge in [-0.05, 0) is 31.7 Å². The highest BCUT2D eigenvalue weighted by Crippen LogP contribution is 2.16. The van der Waals surface area contributed by atoms with Gasteiger partial charge in [-0.15, -0.1) is 11.3 Å². The van der Waals surface area contributed by atoms with E-state index < -0.39 is 0 Å². The highest BCUT2D eigenvalue weighted by atomic mass is 32.1. The van der Waals surface area contributed by atoms with E-state index in [0.29, 0.717) is 18.0 Å². The minimum Gasteiger partial charge on any atom is -0.349 e. The number of fused-ring (bicyclic) bond motifs is 1. The Kier molecular flexibility index (Phi) is 3.83. The standard InChI is InChI=1S/C14H16N4O2S/c1-9-13(21-8-16-9)14(20)15-5-6-18-12(19)7-10-3-2-4-11(10)17-18/h7-8H,2-6H2,1H3,(H,15,20). The Morgan fingerprint density at radius 2 is 2.33 bits per heavy atom. The van der Waals surface area contributed by atoms with Crippen LogP contribution >= 0.6 is 11.3 Å². The molecule has 0 bridgehead atoms. The predicted octanol–water partition coefficient (Wildman–Crippen LogP) is 0.927. The number of hydrogen-bond acceptors (Lipinski definition) is 5. The fourth-order valence-corrected chi connectivity index (χ4v) is 3.19. The number of nitrogens with zero attached hydrogens (tertiary/aromatic N) is 3. The van der Waals surface area contributed by atoms with Crippen LogP contribution in [0.25, 0.3) is 0 Å². The second-order valence-electron chi connectivity index (χ2n) is 5.05. The van der Waals surface area contributed by atoms with Crippen LogP contribution in [-0.4, -0.2) is 27.2 Å². The summed E-state index contributed by atoms with van der Waals surface area (Å²) in [6.45, 7) is 2.57. The molecular weight excluding hydrogens is 288 g/mol. The van der Waals surface area contributed by atoms with Crippen molar-refractivity contribution in [3.05, 3.63) is 43.8 Å². The number of carbonyl (C=O) groups excluding carboxylic acids is 1. The summed E-state index contributed by atoms with van der Waals surface area (Å²) in [5.41, 5.74) is 4.36. The van der Waals surface area contributed by atoms with Gasteiger partial charge in [-0.3, -0.25) is 9.59 Å². The molecule has 0 saturated heterocycles. The Labute approximate surface area is 125 Å². The van der Waals surface area contributed by atoms with Crippen LogP contribution in [0, 0.1) is 6.92 Å². The van der Waals surface area contributed by atoms with E-state index in [9.17, 15) is 9.59 Å². The number of rotatable bonds is 4. The zero-order chi connectivity index (χ0) is 14.8. The second kappa shape index (κ2) is 5.77. The number of thiazole rings is 1. The monoisotopic (exact) mass is 304 g/mol. The van der Waals surface area contributed by atoms with Crippen molar-refractivity contribution in [1.29, 1.82) is 0 Å². The first-order valence-electron chi connectivity index (χ1n) is 6.93. The largest absolute Gasteiger partial charge is 0.349 e. The minimum absolute atomic E-state index is 0.0983. The third-order valence-electron chi connectivity index (χ3n) is 3.58. The van der Waals surface area contributed by atoms with E-state index in [1.165, 1.54) is 16.0 Å². The van der Waals surface area contributed by atoms with Gasteiger partial charge in [0.1, 0.15) is 4.88 Å². The first-order chi connectivity index (χ1) is 10.1. The Bertz CT molecular complexity index is 735. The number of hydrogen-bond donors (Lipinski definition) is 1. The van der Waals surface area contributed by atoms with E-state index in [1.807, 2.05) is 0 Å². The summed E-state index contributed by atoms with van der Waals surface area (Å²) in [5.74, 6) is -0.149. The number of aromatic nitrogens is 3. The van der Waals surface area contributed by atoms with Crippen LogP contribution in [0.3, 0.4) is 0 Å². The van der Waals surface area contributed by atoms with Crippen molar-refractivity contribution in [1.82, 2.24) is 20.1 Å². The van der Waals surface area contributed by atoms with Crippen molar-refractivity contribution in [3.63, 3.8) is 0 Å². The Balaban J connectivity index is 1.62. The van der Waals surface area contributed by atoms with Crippen molar-refractivity contribution in [2.75, 3.05) is 6.54 Å². The summed E-state index contributed by atoms with van der Waals surface area (Å²) >= 11 is 1.32. The summed E-state index contributed by atoms with van der Waals surface area (Å²) in [6.07, 6.45) is 2.94. The summed E-state index contributed by atoms with van der Waals surface area (Å²) in [7, 11) is 0. The van der Waals surface area contributed by atoms with E-state index >= 15 is 0 Å². The van der Waals surface area contributed by atoms with Gasteiger partial charge >= 0.3 is 0 Å². The quantitative estimate of drug-likeness (QED) is 0.911. The molecule has 2 aromatic rings. The van der Waals surface area contributed by atoms with Gasteiger partial charge in [0.25, 0.3) is 11.5 Å². The lowest BCUT2D eigenvalue weighted by molar-refractivity contribution is 0.0955. The van der Waals surface area contributed by atoms with Crippen LogP contribution in [0.2, 0.25) is 0 Å². The van der Waals surface area contributed by atoms with Crippen LogP contribution in [0.15, 0.2) is 16.4 Å². The highest BCUT2D eigenvalue weighted by Gasteiger charge is 2.15. The van der Waals surface area contributed by atoms with E-state index in [-0.39, 0.29) is 11.5 Å². The van der Waals surface area contributed by atoms with Gasteiger partial charge in [0, 0.05) is 12.6 Å². The lowest BCUT2D eigenvalue weighted by Crippen LogP contribution is -2.32. The zero-order valence-corrected chi connectivity index (χ0v) is 12.6. The zero-order valence-electron chi connectivity index (χ0n) is 11.8. The van der Waals surface area contributed by atoms with Crippen molar-refractivity contribution in [3.8, 4) is 0 Å².